The Hall–Kier alpha value is -2.79. The molecule has 0 amide bonds. The minimum Gasteiger partial charge on any atom is -0.311 e. The summed E-state index contributed by atoms with van der Waals surface area (Å²) < 4.78 is 15.2. The van der Waals surface area contributed by atoms with Crippen LogP contribution in [0.2, 0.25) is 0 Å². The minimum absolute atomic E-state index is 0.0873. The first-order valence-corrected chi connectivity index (χ1v) is 9.78. The van der Waals surface area contributed by atoms with Crippen molar-refractivity contribution in [3.05, 3.63) is 88.4 Å². The first kappa shape index (κ1) is 17.3. The molecule has 142 valence electrons. The summed E-state index contributed by atoms with van der Waals surface area (Å²) in [5, 5.41) is 0. The summed E-state index contributed by atoms with van der Waals surface area (Å²) in [7, 11) is 0. The van der Waals surface area contributed by atoms with E-state index in [1.807, 2.05) is 35.0 Å². The Labute approximate surface area is 163 Å². The lowest BCUT2D eigenvalue weighted by Gasteiger charge is -2.43. The molecule has 2 aliphatic heterocycles. The fourth-order valence-corrected chi connectivity index (χ4v) is 4.86. The van der Waals surface area contributed by atoms with Crippen LogP contribution in [0, 0.1) is 11.7 Å². The quantitative estimate of drug-likeness (QED) is 0.701. The van der Waals surface area contributed by atoms with Crippen molar-refractivity contribution in [3.63, 3.8) is 0 Å². The molecule has 0 aliphatic carbocycles. The van der Waals surface area contributed by atoms with E-state index in [0.717, 1.165) is 55.0 Å². The van der Waals surface area contributed by atoms with Crippen molar-refractivity contribution in [2.24, 2.45) is 5.92 Å². The Kier molecular flexibility index (Phi) is 4.32. The second-order valence-corrected chi connectivity index (χ2v) is 7.94. The SMILES string of the molecule is O=c1ccc(-c2cccnc2)c2n1CC1CC2CN(Cc2ccc(F)cc2)C1. The van der Waals surface area contributed by atoms with Gasteiger partial charge in [-0.15, -0.1) is 0 Å². The molecule has 2 unspecified atom stereocenters. The number of rotatable bonds is 3. The number of nitrogens with zero attached hydrogens (tertiary/aromatic N) is 3. The summed E-state index contributed by atoms with van der Waals surface area (Å²) in [6.45, 7) is 3.45. The van der Waals surface area contributed by atoms with E-state index in [1.54, 1.807) is 12.3 Å². The summed E-state index contributed by atoms with van der Waals surface area (Å²) in [5.41, 5.74) is 4.52. The first-order chi connectivity index (χ1) is 13.7. The maximum absolute atomic E-state index is 13.2. The summed E-state index contributed by atoms with van der Waals surface area (Å²) in [4.78, 5) is 19.3. The molecule has 4 nitrogen and oxygen atoms in total. The third-order valence-corrected chi connectivity index (χ3v) is 5.96. The maximum Gasteiger partial charge on any atom is 0.250 e. The van der Waals surface area contributed by atoms with Crippen LogP contribution in [0.15, 0.2) is 65.7 Å². The lowest BCUT2D eigenvalue weighted by molar-refractivity contribution is 0.114. The molecule has 0 radical (unpaired) electrons. The molecule has 5 heteroatoms. The van der Waals surface area contributed by atoms with Gasteiger partial charge in [0.05, 0.1) is 0 Å². The van der Waals surface area contributed by atoms with Gasteiger partial charge in [-0.3, -0.25) is 14.7 Å². The Morgan fingerprint density at radius 3 is 2.68 bits per heavy atom. The molecule has 4 heterocycles. The second kappa shape index (κ2) is 6.99. The van der Waals surface area contributed by atoms with Gasteiger partial charge in [0.15, 0.2) is 0 Å². The fourth-order valence-electron chi connectivity index (χ4n) is 4.86. The number of pyridine rings is 2. The first-order valence-electron chi connectivity index (χ1n) is 9.78. The van der Waals surface area contributed by atoms with E-state index >= 15 is 0 Å². The molecule has 3 aromatic rings. The van der Waals surface area contributed by atoms with Crippen LogP contribution in [0.5, 0.6) is 0 Å². The van der Waals surface area contributed by atoms with Gasteiger partial charge in [-0.25, -0.2) is 4.39 Å². The zero-order valence-corrected chi connectivity index (χ0v) is 15.6. The monoisotopic (exact) mass is 375 g/mol. The van der Waals surface area contributed by atoms with E-state index in [1.165, 1.54) is 12.1 Å². The van der Waals surface area contributed by atoms with Crippen molar-refractivity contribution >= 4 is 0 Å². The van der Waals surface area contributed by atoms with Crippen molar-refractivity contribution in [2.75, 3.05) is 13.1 Å². The van der Waals surface area contributed by atoms with Crippen molar-refractivity contribution < 1.29 is 4.39 Å². The highest BCUT2D eigenvalue weighted by molar-refractivity contribution is 5.66. The van der Waals surface area contributed by atoms with Crippen LogP contribution in [0.3, 0.4) is 0 Å². The summed E-state index contributed by atoms with van der Waals surface area (Å²) in [6, 6.07) is 14.4. The Bertz CT molecular complexity index is 1050. The Morgan fingerprint density at radius 1 is 1.04 bits per heavy atom. The van der Waals surface area contributed by atoms with Crippen molar-refractivity contribution in [1.82, 2.24) is 14.5 Å². The lowest BCUT2D eigenvalue weighted by Crippen LogP contribution is -2.47. The standard InChI is InChI=1S/C23H22FN3O/c24-20-5-3-16(4-6-20)12-26-13-17-10-19(15-26)23-21(18-2-1-9-25-11-18)7-8-22(28)27(23)14-17/h1-9,11,17,19H,10,12-15H2. The Balaban J connectivity index is 1.49. The molecule has 1 saturated heterocycles. The van der Waals surface area contributed by atoms with Crippen LogP contribution >= 0.6 is 0 Å². The summed E-state index contributed by atoms with van der Waals surface area (Å²) in [6.07, 6.45) is 4.74. The molecular formula is C23H22FN3O. The van der Waals surface area contributed by atoms with E-state index in [2.05, 4.69) is 16.0 Å². The third kappa shape index (κ3) is 3.16. The third-order valence-electron chi connectivity index (χ3n) is 5.96. The van der Waals surface area contributed by atoms with E-state index < -0.39 is 0 Å². The number of fused-ring (bicyclic) bond motifs is 4. The van der Waals surface area contributed by atoms with Crippen LogP contribution in [0.25, 0.3) is 11.1 Å². The zero-order valence-electron chi connectivity index (χ0n) is 15.6. The van der Waals surface area contributed by atoms with Crippen LogP contribution in [-0.4, -0.2) is 27.5 Å². The molecule has 28 heavy (non-hydrogen) atoms. The van der Waals surface area contributed by atoms with Gasteiger partial charge in [0, 0.05) is 67.4 Å². The van der Waals surface area contributed by atoms with Crippen molar-refractivity contribution in [1.29, 1.82) is 0 Å². The fraction of sp³-hybridized carbons (Fsp3) is 0.304. The minimum atomic E-state index is -0.200. The summed E-state index contributed by atoms with van der Waals surface area (Å²) in [5.74, 6) is 0.583. The van der Waals surface area contributed by atoms with Crippen LogP contribution in [0.4, 0.5) is 4.39 Å². The smallest absolute Gasteiger partial charge is 0.250 e. The van der Waals surface area contributed by atoms with Crippen LogP contribution < -0.4 is 5.56 Å². The number of benzene rings is 1. The number of halogens is 1. The number of hydrogen-bond acceptors (Lipinski definition) is 3. The molecule has 1 fully saturated rings. The largest absolute Gasteiger partial charge is 0.311 e. The van der Waals surface area contributed by atoms with Crippen LogP contribution in [0.1, 0.15) is 23.6 Å². The van der Waals surface area contributed by atoms with Gasteiger partial charge >= 0.3 is 0 Å². The molecule has 0 N–H and O–H groups in total. The molecule has 2 atom stereocenters. The molecule has 2 aliphatic rings. The molecule has 2 aromatic heterocycles. The lowest BCUT2D eigenvalue weighted by atomic mass is 9.80. The van der Waals surface area contributed by atoms with Crippen LogP contribution in [-0.2, 0) is 13.1 Å². The van der Waals surface area contributed by atoms with Gasteiger partial charge in [0.2, 0.25) is 0 Å². The normalized spacial score (nSPS) is 21.3. The van der Waals surface area contributed by atoms with Gasteiger partial charge in [-0.2, -0.15) is 0 Å². The zero-order chi connectivity index (χ0) is 19.1. The second-order valence-electron chi connectivity index (χ2n) is 7.94. The molecule has 2 bridgehead atoms. The predicted molar refractivity (Wildman–Crippen MR) is 106 cm³/mol. The highest BCUT2D eigenvalue weighted by Gasteiger charge is 2.36. The molecule has 0 saturated carbocycles. The van der Waals surface area contributed by atoms with E-state index in [4.69, 9.17) is 0 Å². The number of piperidine rings is 1. The maximum atomic E-state index is 13.2. The van der Waals surface area contributed by atoms with Gasteiger partial charge in [-0.05, 0) is 42.2 Å². The van der Waals surface area contributed by atoms with Gasteiger partial charge in [0.1, 0.15) is 5.82 Å². The number of likely N-dealkylation sites (tertiary alicyclic amines) is 1. The molecule has 5 rings (SSSR count). The summed E-state index contributed by atoms with van der Waals surface area (Å²) >= 11 is 0. The predicted octanol–water partition coefficient (Wildman–Crippen LogP) is 3.67. The Morgan fingerprint density at radius 2 is 1.89 bits per heavy atom. The number of hydrogen-bond donors (Lipinski definition) is 0. The highest BCUT2D eigenvalue weighted by Crippen LogP contribution is 2.40. The average Bonchev–Trinajstić information content (AvgIpc) is 2.71. The van der Waals surface area contributed by atoms with Crippen molar-refractivity contribution in [3.8, 4) is 11.1 Å². The van der Waals surface area contributed by atoms with Crippen molar-refractivity contribution in [2.45, 2.75) is 25.4 Å². The topological polar surface area (TPSA) is 38.1 Å². The average molecular weight is 375 g/mol. The van der Waals surface area contributed by atoms with Gasteiger partial charge in [-0.1, -0.05) is 18.2 Å². The highest BCUT2D eigenvalue weighted by atomic mass is 19.1. The molecular weight excluding hydrogens is 353 g/mol. The number of aromatic nitrogens is 2. The molecule has 1 aromatic carbocycles. The van der Waals surface area contributed by atoms with E-state index in [0.29, 0.717) is 11.8 Å². The van der Waals surface area contributed by atoms with E-state index in [-0.39, 0.29) is 11.4 Å². The van der Waals surface area contributed by atoms with E-state index in [9.17, 15) is 9.18 Å². The van der Waals surface area contributed by atoms with Gasteiger partial charge < -0.3 is 4.57 Å². The van der Waals surface area contributed by atoms with Gasteiger partial charge in [0.25, 0.3) is 5.56 Å². The molecule has 0 spiro atoms.